The third kappa shape index (κ3) is 3.42. The van der Waals surface area contributed by atoms with Crippen molar-refractivity contribution in [1.82, 2.24) is 5.32 Å². The van der Waals surface area contributed by atoms with E-state index in [1.165, 1.54) is 13.5 Å². The van der Waals surface area contributed by atoms with Crippen molar-refractivity contribution >= 4 is 5.97 Å². The van der Waals surface area contributed by atoms with Gasteiger partial charge in [0.15, 0.2) is 0 Å². The quantitative estimate of drug-likeness (QED) is 0.707. The predicted octanol–water partition coefficient (Wildman–Crippen LogP) is 1.08. The van der Waals surface area contributed by atoms with E-state index in [0.717, 1.165) is 38.6 Å². The molecule has 0 aromatic rings. The minimum atomic E-state index is -0.200. The van der Waals surface area contributed by atoms with Crippen LogP contribution in [-0.4, -0.2) is 36.9 Å². The van der Waals surface area contributed by atoms with Crippen LogP contribution in [0.5, 0.6) is 0 Å². The fraction of sp³-hybridized carbons (Fsp3) is 0.923. The summed E-state index contributed by atoms with van der Waals surface area (Å²) in [5, 5.41) is 13.2. The molecule has 0 heterocycles. The SMILES string of the molecule is COC(=O)C(NCC1CCCCC1O)C1CC1. The molecule has 3 unspecified atom stereocenters. The number of aliphatic hydroxyl groups excluding tert-OH is 1. The number of carbonyl (C=O) groups is 1. The second-order valence-electron chi connectivity index (χ2n) is 5.36. The number of rotatable bonds is 5. The van der Waals surface area contributed by atoms with Gasteiger partial charge in [0.05, 0.1) is 13.2 Å². The van der Waals surface area contributed by atoms with E-state index in [0.29, 0.717) is 11.8 Å². The number of hydrogen-bond donors (Lipinski definition) is 2. The first-order valence-corrected chi connectivity index (χ1v) is 6.71. The molecule has 98 valence electrons. The van der Waals surface area contributed by atoms with Crippen LogP contribution in [0.3, 0.4) is 0 Å². The van der Waals surface area contributed by atoms with Crippen molar-refractivity contribution in [1.29, 1.82) is 0 Å². The van der Waals surface area contributed by atoms with E-state index in [9.17, 15) is 9.90 Å². The van der Waals surface area contributed by atoms with Crippen molar-refractivity contribution in [2.75, 3.05) is 13.7 Å². The van der Waals surface area contributed by atoms with Crippen LogP contribution in [0.15, 0.2) is 0 Å². The highest BCUT2D eigenvalue weighted by Gasteiger charge is 2.37. The lowest BCUT2D eigenvalue weighted by atomic mass is 9.86. The molecule has 0 saturated heterocycles. The van der Waals surface area contributed by atoms with Gasteiger partial charge in [-0.1, -0.05) is 12.8 Å². The van der Waals surface area contributed by atoms with E-state index in [2.05, 4.69) is 5.32 Å². The molecule has 4 nitrogen and oxygen atoms in total. The minimum absolute atomic E-state index is 0.155. The fourth-order valence-electron chi connectivity index (χ4n) is 2.70. The monoisotopic (exact) mass is 241 g/mol. The molecule has 0 aliphatic heterocycles. The van der Waals surface area contributed by atoms with Gasteiger partial charge < -0.3 is 15.2 Å². The van der Waals surface area contributed by atoms with Crippen molar-refractivity contribution in [2.45, 2.75) is 50.7 Å². The number of esters is 1. The molecule has 2 aliphatic carbocycles. The molecule has 2 saturated carbocycles. The van der Waals surface area contributed by atoms with Crippen molar-refractivity contribution in [2.24, 2.45) is 11.8 Å². The van der Waals surface area contributed by atoms with Crippen LogP contribution in [0.25, 0.3) is 0 Å². The van der Waals surface area contributed by atoms with Gasteiger partial charge in [0, 0.05) is 6.54 Å². The summed E-state index contributed by atoms with van der Waals surface area (Å²) in [5.74, 6) is 0.593. The summed E-state index contributed by atoms with van der Waals surface area (Å²) in [6.07, 6.45) is 6.30. The van der Waals surface area contributed by atoms with Gasteiger partial charge in [-0.2, -0.15) is 0 Å². The topological polar surface area (TPSA) is 58.6 Å². The smallest absolute Gasteiger partial charge is 0.323 e. The fourth-order valence-corrected chi connectivity index (χ4v) is 2.70. The van der Waals surface area contributed by atoms with Gasteiger partial charge in [-0.05, 0) is 37.5 Å². The molecule has 2 rings (SSSR count). The maximum absolute atomic E-state index is 11.6. The summed E-state index contributed by atoms with van der Waals surface area (Å²) < 4.78 is 4.82. The van der Waals surface area contributed by atoms with Crippen molar-refractivity contribution in [3.63, 3.8) is 0 Å². The van der Waals surface area contributed by atoms with Crippen LogP contribution in [0, 0.1) is 11.8 Å². The molecule has 4 heteroatoms. The van der Waals surface area contributed by atoms with E-state index in [4.69, 9.17) is 4.74 Å². The van der Waals surface area contributed by atoms with E-state index in [1.54, 1.807) is 0 Å². The summed E-state index contributed by atoms with van der Waals surface area (Å²) in [4.78, 5) is 11.6. The second-order valence-corrected chi connectivity index (χ2v) is 5.36. The first-order valence-electron chi connectivity index (χ1n) is 6.71. The molecule has 0 aromatic carbocycles. The van der Waals surface area contributed by atoms with E-state index in [1.807, 2.05) is 0 Å². The first kappa shape index (κ1) is 12.8. The van der Waals surface area contributed by atoms with Gasteiger partial charge in [0.2, 0.25) is 0 Å². The van der Waals surface area contributed by atoms with Crippen LogP contribution >= 0.6 is 0 Å². The van der Waals surface area contributed by atoms with E-state index < -0.39 is 0 Å². The number of ether oxygens (including phenoxy) is 1. The summed E-state index contributed by atoms with van der Waals surface area (Å²) in [7, 11) is 1.44. The van der Waals surface area contributed by atoms with Crippen LogP contribution in [0.1, 0.15) is 38.5 Å². The van der Waals surface area contributed by atoms with Crippen LogP contribution < -0.4 is 5.32 Å². The highest BCUT2D eigenvalue weighted by atomic mass is 16.5. The Balaban J connectivity index is 1.80. The van der Waals surface area contributed by atoms with Crippen molar-refractivity contribution in [3.05, 3.63) is 0 Å². The maximum Gasteiger partial charge on any atom is 0.323 e. The lowest BCUT2D eigenvalue weighted by Gasteiger charge is -2.29. The Morgan fingerprint density at radius 2 is 2.06 bits per heavy atom. The maximum atomic E-state index is 11.6. The summed E-state index contributed by atoms with van der Waals surface area (Å²) >= 11 is 0. The zero-order chi connectivity index (χ0) is 12.3. The molecular weight excluding hydrogens is 218 g/mol. The molecule has 0 spiro atoms. The van der Waals surface area contributed by atoms with Crippen molar-refractivity contribution in [3.8, 4) is 0 Å². The van der Waals surface area contributed by atoms with Crippen LogP contribution in [0.2, 0.25) is 0 Å². The van der Waals surface area contributed by atoms with Crippen molar-refractivity contribution < 1.29 is 14.6 Å². The molecule has 0 radical (unpaired) electrons. The van der Waals surface area contributed by atoms with Crippen LogP contribution in [-0.2, 0) is 9.53 Å². The lowest BCUT2D eigenvalue weighted by molar-refractivity contribution is -0.143. The molecule has 2 fully saturated rings. The van der Waals surface area contributed by atoms with E-state index >= 15 is 0 Å². The average molecular weight is 241 g/mol. The summed E-state index contributed by atoms with van der Waals surface area (Å²) in [5.41, 5.74) is 0. The van der Waals surface area contributed by atoms with Gasteiger partial charge in [-0.3, -0.25) is 4.79 Å². The number of hydrogen-bond acceptors (Lipinski definition) is 4. The van der Waals surface area contributed by atoms with Gasteiger partial charge in [-0.25, -0.2) is 0 Å². The molecule has 0 amide bonds. The normalized spacial score (nSPS) is 30.9. The molecule has 2 aliphatic rings. The zero-order valence-corrected chi connectivity index (χ0v) is 10.5. The third-order valence-electron chi connectivity index (χ3n) is 4.02. The first-order chi connectivity index (χ1) is 8.22. The molecular formula is C13H23NO3. The largest absolute Gasteiger partial charge is 0.468 e. The molecule has 17 heavy (non-hydrogen) atoms. The Morgan fingerprint density at radius 1 is 1.35 bits per heavy atom. The van der Waals surface area contributed by atoms with Gasteiger partial charge in [-0.15, -0.1) is 0 Å². The Hall–Kier alpha value is -0.610. The van der Waals surface area contributed by atoms with Gasteiger partial charge in [0.25, 0.3) is 0 Å². The Kier molecular flexibility index (Phi) is 4.40. The number of methoxy groups -OCH3 is 1. The lowest BCUT2D eigenvalue weighted by Crippen LogP contribution is -2.44. The highest BCUT2D eigenvalue weighted by Crippen LogP contribution is 2.33. The standard InChI is InChI=1S/C13H23NO3/c1-17-13(16)12(9-6-7-9)14-8-10-4-2-3-5-11(10)15/h9-12,14-15H,2-8H2,1H3. The summed E-state index contributed by atoms with van der Waals surface area (Å²) in [6, 6.07) is -0.158. The highest BCUT2D eigenvalue weighted by molar-refractivity contribution is 5.76. The minimum Gasteiger partial charge on any atom is -0.468 e. The predicted molar refractivity (Wildman–Crippen MR) is 64.5 cm³/mol. The molecule has 0 bridgehead atoms. The Morgan fingerprint density at radius 3 is 2.65 bits per heavy atom. The molecule has 0 aromatic heterocycles. The molecule has 2 N–H and O–H groups in total. The van der Waals surface area contributed by atoms with Crippen LogP contribution in [0.4, 0.5) is 0 Å². The summed E-state index contributed by atoms with van der Waals surface area (Å²) in [6.45, 7) is 0.734. The second kappa shape index (κ2) is 5.83. The number of carbonyl (C=O) groups excluding carboxylic acids is 1. The average Bonchev–Trinajstić information content (AvgIpc) is 3.15. The Bertz CT molecular complexity index is 265. The zero-order valence-electron chi connectivity index (χ0n) is 10.5. The van der Waals surface area contributed by atoms with Gasteiger partial charge >= 0.3 is 5.97 Å². The third-order valence-corrected chi connectivity index (χ3v) is 4.02. The van der Waals surface area contributed by atoms with E-state index in [-0.39, 0.29) is 18.1 Å². The number of aliphatic hydroxyl groups is 1. The molecule has 3 atom stereocenters. The number of nitrogens with one attached hydrogen (secondary N) is 1. The van der Waals surface area contributed by atoms with Gasteiger partial charge in [0.1, 0.15) is 6.04 Å². The Labute approximate surface area is 103 Å².